The van der Waals surface area contributed by atoms with Gasteiger partial charge in [-0.15, -0.1) is 0 Å². The lowest BCUT2D eigenvalue weighted by Gasteiger charge is -2.13. The van der Waals surface area contributed by atoms with Crippen LogP contribution in [0.1, 0.15) is 25.3 Å². The second-order valence-corrected chi connectivity index (χ2v) is 8.47. The molecule has 0 radical (unpaired) electrons. The summed E-state index contributed by atoms with van der Waals surface area (Å²) in [6.45, 7) is 1.89. The molecule has 1 aliphatic rings. The molecule has 0 amide bonds. The monoisotopic (exact) mass is 300 g/mol. The zero-order valence-corrected chi connectivity index (χ0v) is 13.0. The van der Waals surface area contributed by atoms with E-state index >= 15 is 0 Å². The Balaban J connectivity index is 1.70. The molecule has 0 bridgehead atoms. The molecule has 0 aliphatic heterocycles. The van der Waals surface area contributed by atoms with Crippen LogP contribution in [0.15, 0.2) is 65.6 Å². The van der Waals surface area contributed by atoms with Gasteiger partial charge in [-0.1, -0.05) is 48.5 Å². The highest BCUT2D eigenvalue weighted by molar-refractivity contribution is 7.93. The van der Waals surface area contributed by atoms with Crippen LogP contribution in [-0.2, 0) is 16.3 Å². The van der Waals surface area contributed by atoms with Crippen molar-refractivity contribution >= 4 is 9.84 Å². The van der Waals surface area contributed by atoms with Gasteiger partial charge in [-0.3, -0.25) is 0 Å². The third kappa shape index (κ3) is 2.62. The fourth-order valence-corrected chi connectivity index (χ4v) is 5.05. The van der Waals surface area contributed by atoms with E-state index in [9.17, 15) is 8.42 Å². The molecule has 1 aliphatic carbocycles. The van der Waals surface area contributed by atoms with Crippen molar-refractivity contribution in [2.75, 3.05) is 0 Å². The first kappa shape index (κ1) is 14.3. The molecule has 0 N–H and O–H groups in total. The van der Waals surface area contributed by atoms with Crippen LogP contribution in [0.5, 0.6) is 0 Å². The molecule has 0 unspecified atom stereocenters. The van der Waals surface area contributed by atoms with Crippen LogP contribution < -0.4 is 0 Å². The SMILES string of the molecule is C[C@@]1(S(=O)(=O)c2ccccc2)C[C@H]1CCc1ccccc1. The third-order valence-electron chi connectivity index (χ3n) is 4.65. The van der Waals surface area contributed by atoms with Gasteiger partial charge in [0.2, 0.25) is 0 Å². The summed E-state index contributed by atoms with van der Waals surface area (Å²) in [5, 5.41) is 0. The van der Waals surface area contributed by atoms with Crippen LogP contribution in [0.3, 0.4) is 0 Å². The summed E-state index contributed by atoms with van der Waals surface area (Å²) in [6.07, 6.45) is 2.66. The Morgan fingerprint density at radius 2 is 1.57 bits per heavy atom. The predicted octanol–water partition coefficient (Wildman–Crippen LogP) is 3.87. The van der Waals surface area contributed by atoms with Gasteiger partial charge < -0.3 is 0 Å². The molecule has 2 aromatic rings. The molecule has 2 aromatic carbocycles. The minimum atomic E-state index is -3.22. The van der Waals surface area contributed by atoms with E-state index in [0.717, 1.165) is 19.3 Å². The topological polar surface area (TPSA) is 34.1 Å². The van der Waals surface area contributed by atoms with Crippen LogP contribution in [-0.4, -0.2) is 13.2 Å². The summed E-state index contributed by atoms with van der Waals surface area (Å²) in [4.78, 5) is 0.453. The summed E-state index contributed by atoms with van der Waals surface area (Å²) >= 11 is 0. The molecule has 1 saturated carbocycles. The molecular weight excluding hydrogens is 280 g/mol. The van der Waals surface area contributed by atoms with Gasteiger partial charge in [-0.25, -0.2) is 8.42 Å². The summed E-state index contributed by atoms with van der Waals surface area (Å²) < 4.78 is 24.9. The van der Waals surface area contributed by atoms with Gasteiger partial charge in [0, 0.05) is 0 Å². The van der Waals surface area contributed by atoms with Gasteiger partial charge in [0.1, 0.15) is 0 Å². The number of hydrogen-bond donors (Lipinski definition) is 0. The quantitative estimate of drug-likeness (QED) is 0.840. The highest BCUT2D eigenvalue weighted by Gasteiger charge is 2.59. The van der Waals surface area contributed by atoms with E-state index < -0.39 is 14.6 Å². The maximum absolute atomic E-state index is 12.7. The van der Waals surface area contributed by atoms with E-state index in [1.807, 2.05) is 31.2 Å². The zero-order chi connectivity index (χ0) is 14.9. The van der Waals surface area contributed by atoms with Crippen molar-refractivity contribution in [3.63, 3.8) is 0 Å². The predicted molar refractivity (Wildman–Crippen MR) is 84.9 cm³/mol. The van der Waals surface area contributed by atoms with Crippen molar-refractivity contribution in [1.82, 2.24) is 0 Å². The summed E-state index contributed by atoms with van der Waals surface area (Å²) in [5.41, 5.74) is 1.28. The molecule has 0 saturated heterocycles. The normalized spacial score (nSPS) is 24.7. The Morgan fingerprint density at radius 3 is 2.19 bits per heavy atom. The average molecular weight is 300 g/mol. The summed E-state index contributed by atoms with van der Waals surface area (Å²) in [7, 11) is -3.22. The van der Waals surface area contributed by atoms with Crippen molar-refractivity contribution in [1.29, 1.82) is 0 Å². The molecule has 110 valence electrons. The maximum Gasteiger partial charge on any atom is 0.184 e. The molecule has 3 rings (SSSR count). The molecule has 1 fully saturated rings. The maximum atomic E-state index is 12.7. The molecule has 0 heterocycles. The van der Waals surface area contributed by atoms with E-state index in [-0.39, 0.29) is 5.92 Å². The van der Waals surface area contributed by atoms with Crippen LogP contribution in [0.25, 0.3) is 0 Å². The molecule has 3 heteroatoms. The van der Waals surface area contributed by atoms with Gasteiger partial charge in [0.05, 0.1) is 9.64 Å². The summed E-state index contributed by atoms with van der Waals surface area (Å²) in [5.74, 6) is 0.267. The lowest BCUT2D eigenvalue weighted by molar-refractivity contribution is 0.569. The van der Waals surface area contributed by atoms with Crippen molar-refractivity contribution in [2.45, 2.75) is 35.8 Å². The molecule has 2 nitrogen and oxygen atoms in total. The number of benzene rings is 2. The first-order chi connectivity index (χ1) is 10.0. The largest absolute Gasteiger partial charge is 0.223 e. The Bertz CT molecular complexity index is 707. The van der Waals surface area contributed by atoms with Gasteiger partial charge in [-0.2, -0.15) is 0 Å². The van der Waals surface area contributed by atoms with Crippen LogP contribution in [0.2, 0.25) is 0 Å². The number of aryl methyl sites for hydroxylation is 1. The fourth-order valence-electron chi connectivity index (χ4n) is 3.02. The first-order valence-corrected chi connectivity index (χ1v) is 8.86. The molecule has 2 atom stereocenters. The van der Waals surface area contributed by atoms with Gasteiger partial charge in [0.25, 0.3) is 0 Å². The van der Waals surface area contributed by atoms with Crippen LogP contribution >= 0.6 is 0 Å². The second-order valence-electron chi connectivity index (χ2n) is 6.05. The van der Waals surface area contributed by atoms with Crippen molar-refractivity contribution in [3.8, 4) is 0 Å². The minimum absolute atomic E-state index is 0.267. The summed E-state index contributed by atoms with van der Waals surface area (Å²) in [6, 6.07) is 19.1. The minimum Gasteiger partial charge on any atom is -0.223 e. The highest BCUT2D eigenvalue weighted by atomic mass is 32.2. The molecule has 21 heavy (non-hydrogen) atoms. The van der Waals surface area contributed by atoms with Crippen molar-refractivity contribution < 1.29 is 8.42 Å². The van der Waals surface area contributed by atoms with Gasteiger partial charge in [0.15, 0.2) is 9.84 Å². The first-order valence-electron chi connectivity index (χ1n) is 7.38. The molecule has 0 aromatic heterocycles. The number of sulfone groups is 1. The Hall–Kier alpha value is -1.61. The van der Waals surface area contributed by atoms with Crippen molar-refractivity contribution in [3.05, 3.63) is 66.2 Å². The Kier molecular flexibility index (Phi) is 3.62. The van der Waals surface area contributed by atoms with Crippen molar-refractivity contribution in [2.24, 2.45) is 5.92 Å². The van der Waals surface area contributed by atoms with E-state index in [4.69, 9.17) is 0 Å². The standard InChI is InChI=1S/C18H20O2S/c1-18(21(19,20)17-10-6-3-7-11-17)14-16(18)13-12-15-8-4-2-5-9-15/h2-11,16H,12-14H2,1H3/t16-,18-/m1/s1. The Labute approximate surface area is 126 Å². The average Bonchev–Trinajstić information content (AvgIpc) is 3.20. The second kappa shape index (κ2) is 5.30. The lowest BCUT2D eigenvalue weighted by Crippen LogP contribution is -2.22. The van der Waals surface area contributed by atoms with E-state index in [1.54, 1.807) is 24.3 Å². The van der Waals surface area contributed by atoms with E-state index in [1.165, 1.54) is 5.56 Å². The van der Waals surface area contributed by atoms with Crippen LogP contribution in [0, 0.1) is 5.92 Å². The van der Waals surface area contributed by atoms with Crippen LogP contribution in [0.4, 0.5) is 0 Å². The van der Waals surface area contributed by atoms with E-state index in [0.29, 0.717) is 4.90 Å². The lowest BCUT2D eigenvalue weighted by atomic mass is 10.1. The molecule has 0 spiro atoms. The van der Waals surface area contributed by atoms with E-state index in [2.05, 4.69) is 12.1 Å². The highest BCUT2D eigenvalue weighted by Crippen LogP contribution is 2.54. The van der Waals surface area contributed by atoms with Gasteiger partial charge in [-0.05, 0) is 49.8 Å². The Morgan fingerprint density at radius 1 is 1.00 bits per heavy atom. The smallest absolute Gasteiger partial charge is 0.184 e. The van der Waals surface area contributed by atoms with Gasteiger partial charge >= 0.3 is 0 Å². The number of rotatable bonds is 5. The molecular formula is C18H20O2S. The number of hydrogen-bond acceptors (Lipinski definition) is 2. The third-order valence-corrected chi connectivity index (χ3v) is 7.27. The fraction of sp³-hybridized carbons (Fsp3) is 0.333. The zero-order valence-electron chi connectivity index (χ0n) is 12.2.